The van der Waals surface area contributed by atoms with Crippen LogP contribution in [0.3, 0.4) is 0 Å². The fraction of sp³-hybridized carbons (Fsp3) is 0.786. The lowest BCUT2D eigenvalue weighted by Gasteiger charge is -2.18. The number of unbranched alkanes of at least 4 members (excludes halogenated alkanes) is 2. The van der Waals surface area contributed by atoms with Crippen molar-refractivity contribution in [3.05, 3.63) is 0 Å². The first kappa shape index (κ1) is 22.1. The zero-order valence-electron chi connectivity index (χ0n) is 14.4. The molecule has 0 aromatic carbocycles. The van der Waals surface area contributed by atoms with Gasteiger partial charge in [-0.2, -0.15) is 0 Å². The van der Waals surface area contributed by atoms with Gasteiger partial charge in [0.05, 0.1) is 0 Å². The second kappa shape index (κ2) is 14.7. The molecule has 0 aromatic heterocycles. The third-order valence-corrected chi connectivity index (χ3v) is 3.13. The highest BCUT2D eigenvalue weighted by Crippen LogP contribution is 1.98. The van der Waals surface area contributed by atoms with E-state index in [0.29, 0.717) is 13.1 Å². The van der Waals surface area contributed by atoms with E-state index in [9.17, 15) is 14.4 Å². The van der Waals surface area contributed by atoms with E-state index in [2.05, 4.69) is 27.0 Å². The maximum absolute atomic E-state index is 12.0. The number of rotatable bonds is 13. The van der Waals surface area contributed by atoms with E-state index in [0.717, 1.165) is 25.7 Å². The Balaban J connectivity index is 4.26. The molecule has 0 saturated carbocycles. The van der Waals surface area contributed by atoms with Crippen LogP contribution < -0.4 is 32.5 Å². The summed E-state index contributed by atoms with van der Waals surface area (Å²) in [4.78, 5) is 34.9. The van der Waals surface area contributed by atoms with E-state index in [1.807, 2.05) is 13.8 Å². The number of amides is 4. The summed E-state index contributed by atoms with van der Waals surface area (Å²) in [6.07, 6.45) is 3.95. The summed E-state index contributed by atoms with van der Waals surface area (Å²) in [5.41, 5.74) is 11.9. The number of hydrogen-bond acceptors (Lipinski definition) is 6. The van der Waals surface area contributed by atoms with E-state index in [1.165, 1.54) is 5.48 Å². The quantitative estimate of drug-likeness (QED) is 0.138. The Morgan fingerprint density at radius 2 is 1.54 bits per heavy atom. The van der Waals surface area contributed by atoms with Crippen LogP contribution >= 0.6 is 0 Å². The lowest BCUT2D eigenvalue weighted by molar-refractivity contribution is -0.125. The molecule has 0 saturated heterocycles. The van der Waals surface area contributed by atoms with Crippen LogP contribution in [0.25, 0.3) is 0 Å². The largest absolute Gasteiger partial charge is 0.339 e. The highest BCUT2D eigenvalue weighted by molar-refractivity contribution is 5.87. The number of nitrogens with one attached hydrogen (secondary N) is 6. The molecule has 10 nitrogen and oxygen atoms in total. The normalized spacial score (nSPS) is 11.5. The van der Waals surface area contributed by atoms with Gasteiger partial charge in [-0.3, -0.25) is 25.6 Å². The molecule has 0 fully saturated rings. The van der Waals surface area contributed by atoms with Crippen LogP contribution in [0.1, 0.15) is 52.4 Å². The molecule has 0 aliphatic rings. The first-order chi connectivity index (χ1) is 11.5. The molecule has 0 heterocycles. The van der Waals surface area contributed by atoms with E-state index in [4.69, 9.17) is 5.21 Å². The molecule has 0 bridgehead atoms. The molecule has 0 aromatic rings. The van der Waals surface area contributed by atoms with Crippen molar-refractivity contribution in [2.75, 3.05) is 13.1 Å². The SMILES string of the molecule is CCCCNNC(=O)CCC(NC(=O)NO)C(=O)NNCCCC. The van der Waals surface area contributed by atoms with Crippen LogP contribution in [0, 0.1) is 0 Å². The van der Waals surface area contributed by atoms with E-state index < -0.39 is 18.0 Å². The van der Waals surface area contributed by atoms with Crippen LogP contribution in [0.2, 0.25) is 0 Å². The fourth-order valence-corrected chi connectivity index (χ4v) is 1.73. The molecule has 0 spiro atoms. The summed E-state index contributed by atoms with van der Waals surface area (Å²) in [7, 11) is 0. The Morgan fingerprint density at radius 3 is 2.08 bits per heavy atom. The van der Waals surface area contributed by atoms with Crippen molar-refractivity contribution in [1.29, 1.82) is 0 Å². The first-order valence-electron chi connectivity index (χ1n) is 8.30. The number of hydrazine groups is 2. The van der Waals surface area contributed by atoms with Gasteiger partial charge in [0.1, 0.15) is 6.04 Å². The van der Waals surface area contributed by atoms with E-state index in [-0.39, 0.29) is 18.7 Å². The monoisotopic (exact) mass is 346 g/mol. The number of carbonyl (C=O) groups is 3. The first-order valence-corrected chi connectivity index (χ1v) is 8.30. The van der Waals surface area contributed by atoms with Crippen molar-refractivity contribution >= 4 is 17.8 Å². The van der Waals surface area contributed by atoms with Crippen LogP contribution in [0.4, 0.5) is 4.79 Å². The molecule has 24 heavy (non-hydrogen) atoms. The Hall–Kier alpha value is -1.91. The number of urea groups is 1. The molecule has 1 atom stereocenters. The third kappa shape index (κ3) is 11.6. The highest BCUT2D eigenvalue weighted by atomic mass is 16.5. The number of carbonyl (C=O) groups excluding carboxylic acids is 3. The summed E-state index contributed by atoms with van der Waals surface area (Å²) in [6.45, 7) is 5.33. The second-order valence-corrected chi connectivity index (χ2v) is 5.27. The zero-order valence-corrected chi connectivity index (χ0v) is 14.4. The van der Waals surface area contributed by atoms with Crippen molar-refractivity contribution in [2.24, 2.45) is 0 Å². The van der Waals surface area contributed by atoms with Gasteiger partial charge in [-0.1, -0.05) is 26.7 Å². The summed E-state index contributed by atoms with van der Waals surface area (Å²) in [5.74, 6) is -0.768. The lowest BCUT2D eigenvalue weighted by Crippen LogP contribution is -2.53. The molecule has 10 heteroatoms. The Labute approximate surface area is 142 Å². The molecule has 0 radical (unpaired) electrons. The minimum atomic E-state index is -0.951. The minimum absolute atomic E-state index is 0.0396. The Kier molecular flexibility index (Phi) is 13.5. The average Bonchev–Trinajstić information content (AvgIpc) is 2.58. The minimum Gasteiger partial charge on any atom is -0.325 e. The predicted molar refractivity (Wildman–Crippen MR) is 88.6 cm³/mol. The lowest BCUT2D eigenvalue weighted by atomic mass is 10.1. The average molecular weight is 346 g/mol. The topological polar surface area (TPSA) is 144 Å². The Morgan fingerprint density at radius 1 is 0.958 bits per heavy atom. The number of hydroxylamine groups is 1. The summed E-state index contributed by atoms with van der Waals surface area (Å²) in [5, 5.41) is 10.8. The van der Waals surface area contributed by atoms with Crippen molar-refractivity contribution < 1.29 is 19.6 Å². The van der Waals surface area contributed by atoms with Crippen molar-refractivity contribution in [3.63, 3.8) is 0 Å². The molecule has 0 aliphatic heterocycles. The fourth-order valence-electron chi connectivity index (χ4n) is 1.73. The van der Waals surface area contributed by atoms with Gasteiger partial charge in [-0.05, 0) is 19.3 Å². The van der Waals surface area contributed by atoms with Gasteiger partial charge in [0.15, 0.2) is 0 Å². The van der Waals surface area contributed by atoms with Gasteiger partial charge in [-0.25, -0.2) is 21.1 Å². The zero-order chi connectivity index (χ0) is 18.2. The van der Waals surface area contributed by atoms with Gasteiger partial charge in [0, 0.05) is 19.5 Å². The van der Waals surface area contributed by atoms with Gasteiger partial charge < -0.3 is 5.32 Å². The highest BCUT2D eigenvalue weighted by Gasteiger charge is 2.21. The molecule has 1 unspecified atom stereocenters. The van der Waals surface area contributed by atoms with Gasteiger partial charge in [-0.15, -0.1) is 0 Å². The molecule has 7 N–H and O–H groups in total. The molecular weight excluding hydrogens is 316 g/mol. The van der Waals surface area contributed by atoms with Crippen LogP contribution in [-0.2, 0) is 9.59 Å². The van der Waals surface area contributed by atoms with Gasteiger partial charge >= 0.3 is 6.03 Å². The Bertz CT molecular complexity index is 380. The van der Waals surface area contributed by atoms with E-state index >= 15 is 0 Å². The van der Waals surface area contributed by atoms with Gasteiger partial charge in [0.2, 0.25) is 5.91 Å². The van der Waals surface area contributed by atoms with Crippen LogP contribution in [-0.4, -0.2) is 42.2 Å². The molecule has 4 amide bonds. The summed E-state index contributed by atoms with van der Waals surface area (Å²) >= 11 is 0. The summed E-state index contributed by atoms with van der Waals surface area (Å²) in [6, 6.07) is -1.86. The molecule has 0 aliphatic carbocycles. The standard InChI is InChI=1S/C14H30N6O4/c1-3-5-9-15-18-12(21)8-7-11(17-14(23)20-24)13(22)19-16-10-6-4-2/h11,15-16,24H,3-10H2,1-2H3,(H,18,21)(H,19,22)(H2,17,20,23). The number of hydrogen-bond donors (Lipinski definition) is 7. The molecular formula is C14H30N6O4. The second-order valence-electron chi connectivity index (χ2n) is 5.27. The maximum Gasteiger partial charge on any atom is 0.339 e. The smallest absolute Gasteiger partial charge is 0.325 e. The van der Waals surface area contributed by atoms with Crippen LogP contribution in [0.15, 0.2) is 0 Å². The van der Waals surface area contributed by atoms with Crippen molar-refractivity contribution in [2.45, 2.75) is 58.4 Å². The predicted octanol–water partition coefficient (Wildman–Crippen LogP) is -0.335. The summed E-state index contributed by atoms with van der Waals surface area (Å²) < 4.78 is 0. The van der Waals surface area contributed by atoms with Crippen molar-refractivity contribution in [1.82, 2.24) is 32.5 Å². The molecule has 140 valence electrons. The van der Waals surface area contributed by atoms with Crippen LogP contribution in [0.5, 0.6) is 0 Å². The van der Waals surface area contributed by atoms with Gasteiger partial charge in [0.25, 0.3) is 5.91 Å². The van der Waals surface area contributed by atoms with E-state index in [1.54, 1.807) is 0 Å². The third-order valence-electron chi connectivity index (χ3n) is 3.13. The molecule has 0 rings (SSSR count). The maximum atomic E-state index is 12.0. The van der Waals surface area contributed by atoms with Crippen molar-refractivity contribution in [3.8, 4) is 0 Å².